The van der Waals surface area contributed by atoms with E-state index in [0.717, 1.165) is 31.5 Å². The zero-order valence-electron chi connectivity index (χ0n) is 13.9. The van der Waals surface area contributed by atoms with Gasteiger partial charge in [0.25, 0.3) is 0 Å². The maximum Gasteiger partial charge on any atom is 0.306 e. The first-order chi connectivity index (χ1) is 11.6. The van der Waals surface area contributed by atoms with Gasteiger partial charge in [-0.1, -0.05) is 18.0 Å². The fraction of sp³-hybridized carbons (Fsp3) is 0.765. The monoisotopic (exact) mass is 335 g/mol. The van der Waals surface area contributed by atoms with E-state index in [1.54, 1.807) is 0 Å². The van der Waals surface area contributed by atoms with Gasteiger partial charge in [-0.3, -0.25) is 9.59 Å². The van der Waals surface area contributed by atoms with Crippen molar-refractivity contribution >= 4 is 11.9 Å². The highest BCUT2D eigenvalue weighted by Crippen LogP contribution is 2.32. The molecule has 1 heterocycles. The predicted octanol–water partition coefficient (Wildman–Crippen LogP) is 2.42. The quantitative estimate of drug-likeness (QED) is 0.827. The highest BCUT2D eigenvalue weighted by atomic mass is 16.5. The topological polar surface area (TPSA) is 105 Å². The van der Waals surface area contributed by atoms with Gasteiger partial charge in [0.1, 0.15) is 0 Å². The van der Waals surface area contributed by atoms with Gasteiger partial charge in [0.2, 0.25) is 11.8 Å². The number of rotatable bonds is 6. The van der Waals surface area contributed by atoms with Gasteiger partial charge in [-0.2, -0.15) is 4.98 Å². The molecule has 0 atom stereocenters. The van der Waals surface area contributed by atoms with Crippen LogP contribution in [0.2, 0.25) is 0 Å². The van der Waals surface area contributed by atoms with E-state index < -0.39 is 5.97 Å². The summed E-state index contributed by atoms with van der Waals surface area (Å²) in [6, 6.07) is 0.0878. The summed E-state index contributed by atoms with van der Waals surface area (Å²) in [7, 11) is 0. The van der Waals surface area contributed by atoms with Crippen molar-refractivity contribution in [3.05, 3.63) is 11.7 Å². The number of carbonyl (C=O) groups is 2. The molecule has 2 aliphatic carbocycles. The number of carbonyl (C=O) groups excluding carboxylic acids is 1. The summed E-state index contributed by atoms with van der Waals surface area (Å²) in [4.78, 5) is 27.4. The molecule has 0 radical (unpaired) electrons. The molecule has 7 heteroatoms. The summed E-state index contributed by atoms with van der Waals surface area (Å²) in [5, 5.41) is 16.0. The third-order valence-corrected chi connectivity index (χ3v) is 5.21. The maximum atomic E-state index is 12.0. The standard InChI is InChI=1S/C17H25N3O4/c21-14(18-13-7-5-12(6-8-13)17(22)23)9-10-15-19-16(20-24-15)11-3-1-2-4-11/h11-13H,1-10H2,(H,18,21)(H,22,23). The second-order valence-electron chi connectivity index (χ2n) is 6.98. The van der Waals surface area contributed by atoms with Gasteiger partial charge in [-0.05, 0) is 38.5 Å². The van der Waals surface area contributed by atoms with Crippen LogP contribution in [0.5, 0.6) is 0 Å². The van der Waals surface area contributed by atoms with E-state index in [0.29, 0.717) is 37.5 Å². The number of nitrogens with zero attached hydrogens (tertiary/aromatic N) is 2. The third kappa shape index (κ3) is 4.33. The summed E-state index contributed by atoms with van der Waals surface area (Å²) in [6.45, 7) is 0. The lowest BCUT2D eigenvalue weighted by atomic mass is 9.86. The van der Waals surface area contributed by atoms with Crippen molar-refractivity contribution in [3.63, 3.8) is 0 Å². The molecule has 2 aliphatic rings. The van der Waals surface area contributed by atoms with Crippen molar-refractivity contribution in [2.45, 2.75) is 76.2 Å². The Morgan fingerprint density at radius 3 is 2.50 bits per heavy atom. The lowest BCUT2D eigenvalue weighted by Crippen LogP contribution is -2.38. The Morgan fingerprint density at radius 2 is 1.83 bits per heavy atom. The van der Waals surface area contributed by atoms with Crippen molar-refractivity contribution in [2.24, 2.45) is 5.92 Å². The number of nitrogens with one attached hydrogen (secondary N) is 1. The van der Waals surface area contributed by atoms with Crippen molar-refractivity contribution in [1.82, 2.24) is 15.5 Å². The predicted molar refractivity (Wildman–Crippen MR) is 85.4 cm³/mol. The van der Waals surface area contributed by atoms with Crippen LogP contribution in [0.25, 0.3) is 0 Å². The van der Waals surface area contributed by atoms with Crippen LogP contribution < -0.4 is 5.32 Å². The van der Waals surface area contributed by atoms with E-state index in [1.165, 1.54) is 12.8 Å². The zero-order chi connectivity index (χ0) is 16.9. The van der Waals surface area contributed by atoms with Crippen molar-refractivity contribution < 1.29 is 19.2 Å². The van der Waals surface area contributed by atoms with Gasteiger partial charge in [0.05, 0.1) is 5.92 Å². The molecule has 3 rings (SSSR count). The number of amides is 1. The summed E-state index contributed by atoms with van der Waals surface area (Å²) < 4.78 is 5.25. The van der Waals surface area contributed by atoms with Crippen LogP contribution >= 0.6 is 0 Å². The summed E-state index contributed by atoms with van der Waals surface area (Å²) in [5.74, 6) is 0.714. The first-order valence-electron chi connectivity index (χ1n) is 8.96. The Bertz CT molecular complexity index is 572. The Hall–Kier alpha value is -1.92. The van der Waals surface area contributed by atoms with Gasteiger partial charge in [-0.15, -0.1) is 0 Å². The maximum absolute atomic E-state index is 12.0. The van der Waals surface area contributed by atoms with Crippen LogP contribution in [0.3, 0.4) is 0 Å². The van der Waals surface area contributed by atoms with Crippen LogP contribution in [0, 0.1) is 5.92 Å². The number of hydrogen-bond donors (Lipinski definition) is 2. The number of carboxylic acids is 1. The average Bonchev–Trinajstić information content (AvgIpc) is 3.25. The molecule has 24 heavy (non-hydrogen) atoms. The van der Waals surface area contributed by atoms with Gasteiger partial charge >= 0.3 is 5.97 Å². The Labute approximate surface area is 141 Å². The molecule has 1 aromatic heterocycles. The molecule has 0 aliphatic heterocycles. The minimum absolute atomic E-state index is 0.0330. The number of hydrogen-bond acceptors (Lipinski definition) is 5. The highest BCUT2D eigenvalue weighted by Gasteiger charge is 2.27. The van der Waals surface area contributed by atoms with E-state index in [-0.39, 0.29) is 17.9 Å². The summed E-state index contributed by atoms with van der Waals surface area (Å²) >= 11 is 0. The SMILES string of the molecule is O=C(CCc1nc(C2CCCC2)no1)NC1CCC(C(=O)O)CC1. The van der Waals surface area contributed by atoms with Gasteiger partial charge in [-0.25, -0.2) is 0 Å². The van der Waals surface area contributed by atoms with Crippen molar-refractivity contribution in [3.8, 4) is 0 Å². The normalized spacial score (nSPS) is 24.8. The first-order valence-corrected chi connectivity index (χ1v) is 8.96. The van der Waals surface area contributed by atoms with Crippen LogP contribution in [0.15, 0.2) is 4.52 Å². The Balaban J connectivity index is 1.39. The molecule has 0 unspecified atom stereocenters. The molecule has 1 aromatic rings. The highest BCUT2D eigenvalue weighted by molar-refractivity contribution is 5.76. The Kier molecular flexibility index (Phi) is 5.48. The van der Waals surface area contributed by atoms with E-state index in [1.807, 2.05) is 0 Å². The smallest absolute Gasteiger partial charge is 0.306 e. The second kappa shape index (κ2) is 7.77. The van der Waals surface area contributed by atoms with Crippen LogP contribution in [0.4, 0.5) is 0 Å². The number of aromatic nitrogens is 2. The molecule has 2 saturated carbocycles. The van der Waals surface area contributed by atoms with Crippen molar-refractivity contribution in [1.29, 1.82) is 0 Å². The van der Waals surface area contributed by atoms with E-state index >= 15 is 0 Å². The molecule has 132 valence electrons. The molecule has 0 saturated heterocycles. The molecule has 0 bridgehead atoms. The number of carboxylic acid groups (broad SMARTS) is 1. The largest absolute Gasteiger partial charge is 0.481 e. The molecule has 2 N–H and O–H groups in total. The summed E-state index contributed by atoms with van der Waals surface area (Å²) in [5.41, 5.74) is 0. The zero-order valence-corrected chi connectivity index (χ0v) is 13.9. The molecule has 7 nitrogen and oxygen atoms in total. The molecule has 1 amide bonds. The third-order valence-electron chi connectivity index (χ3n) is 5.21. The molecule has 2 fully saturated rings. The van der Waals surface area contributed by atoms with Gasteiger partial charge in [0, 0.05) is 24.8 Å². The second-order valence-corrected chi connectivity index (χ2v) is 6.98. The molecule has 0 spiro atoms. The van der Waals surface area contributed by atoms with Crippen LogP contribution in [0.1, 0.15) is 75.4 Å². The molecule has 0 aromatic carbocycles. The van der Waals surface area contributed by atoms with E-state index in [4.69, 9.17) is 9.63 Å². The van der Waals surface area contributed by atoms with Gasteiger partial charge < -0.3 is 14.9 Å². The number of aliphatic carboxylic acids is 1. The first kappa shape index (κ1) is 16.9. The van der Waals surface area contributed by atoms with Crippen molar-refractivity contribution in [2.75, 3.05) is 0 Å². The Morgan fingerprint density at radius 1 is 1.12 bits per heavy atom. The van der Waals surface area contributed by atoms with E-state index in [9.17, 15) is 9.59 Å². The fourth-order valence-electron chi connectivity index (χ4n) is 3.72. The molecular formula is C17H25N3O4. The van der Waals surface area contributed by atoms with Crippen LogP contribution in [-0.2, 0) is 16.0 Å². The average molecular weight is 335 g/mol. The van der Waals surface area contributed by atoms with Crippen LogP contribution in [-0.4, -0.2) is 33.2 Å². The molecular weight excluding hydrogens is 310 g/mol. The lowest BCUT2D eigenvalue weighted by Gasteiger charge is -2.26. The summed E-state index contributed by atoms with van der Waals surface area (Å²) in [6.07, 6.45) is 8.20. The minimum atomic E-state index is -0.728. The fourth-order valence-corrected chi connectivity index (χ4v) is 3.72. The number of aryl methyl sites for hydroxylation is 1. The minimum Gasteiger partial charge on any atom is -0.481 e. The lowest BCUT2D eigenvalue weighted by molar-refractivity contribution is -0.142. The van der Waals surface area contributed by atoms with Gasteiger partial charge in [0.15, 0.2) is 5.82 Å². The van der Waals surface area contributed by atoms with E-state index in [2.05, 4.69) is 15.5 Å².